The Morgan fingerprint density at radius 3 is 2.69 bits per heavy atom. The van der Waals surface area contributed by atoms with Crippen LogP contribution >= 0.6 is 0 Å². The third-order valence-corrected chi connectivity index (χ3v) is 2.71. The normalized spacial score (nSPS) is 16.8. The van der Waals surface area contributed by atoms with E-state index in [2.05, 4.69) is 6.07 Å². The highest BCUT2D eigenvalue weighted by Gasteiger charge is 2.21. The van der Waals surface area contributed by atoms with Crippen molar-refractivity contribution in [1.82, 2.24) is 0 Å². The molecule has 16 heavy (non-hydrogen) atoms. The number of benzene rings is 2. The van der Waals surface area contributed by atoms with Gasteiger partial charge in [0.25, 0.3) is 0 Å². The van der Waals surface area contributed by atoms with Crippen LogP contribution in [0.1, 0.15) is 5.56 Å². The summed E-state index contributed by atoms with van der Waals surface area (Å²) in [7, 11) is 11.5. The van der Waals surface area contributed by atoms with Crippen molar-refractivity contribution in [2.75, 3.05) is 0 Å². The number of hydrogen-bond donors (Lipinski definition) is 0. The van der Waals surface area contributed by atoms with E-state index in [4.69, 9.17) is 20.4 Å². The summed E-state index contributed by atoms with van der Waals surface area (Å²) in [6.45, 7) is 0. The zero-order valence-corrected chi connectivity index (χ0v) is 8.68. The summed E-state index contributed by atoms with van der Waals surface area (Å²) in [6, 6.07) is 12.1. The molecule has 0 aliphatic carbocycles. The molecule has 72 valence electrons. The Bertz CT molecular complexity index is 588. The summed E-state index contributed by atoms with van der Waals surface area (Å²) in [6.07, 6.45) is 3.55. The molecule has 2 aromatic rings. The monoisotopic (exact) mass is 202 g/mol. The molecule has 0 spiro atoms. The van der Waals surface area contributed by atoms with Gasteiger partial charge in [-0.05, 0) is 5.39 Å². The Kier molecular flexibility index (Phi) is 1.90. The van der Waals surface area contributed by atoms with E-state index in [0.717, 1.165) is 22.1 Å². The standard InChI is InChI=1S/C13H8B2O/c14-13(15)8-7-10-6-5-9-3-1-2-4-11(9)12(10)16-13/h1-8H. The predicted molar refractivity (Wildman–Crippen MR) is 67.8 cm³/mol. The molecule has 0 atom stereocenters. The van der Waals surface area contributed by atoms with Gasteiger partial charge in [-0.15, -0.1) is 0 Å². The van der Waals surface area contributed by atoms with Gasteiger partial charge in [0.05, 0.1) is 0 Å². The first-order valence-electron chi connectivity index (χ1n) is 5.13. The summed E-state index contributed by atoms with van der Waals surface area (Å²) in [5.74, 6) is 0.755. The van der Waals surface area contributed by atoms with E-state index in [0.29, 0.717) is 0 Å². The van der Waals surface area contributed by atoms with E-state index in [-0.39, 0.29) is 0 Å². The van der Waals surface area contributed by atoms with Gasteiger partial charge in [-0.3, -0.25) is 0 Å². The highest BCUT2D eigenvalue weighted by molar-refractivity contribution is 6.41. The molecular weight excluding hydrogens is 194 g/mol. The molecule has 4 radical (unpaired) electrons. The van der Waals surface area contributed by atoms with Crippen molar-refractivity contribution in [2.24, 2.45) is 0 Å². The minimum Gasteiger partial charge on any atom is -0.502 e. The number of fused-ring (bicyclic) bond motifs is 3. The van der Waals surface area contributed by atoms with Crippen LogP contribution in [0.3, 0.4) is 0 Å². The lowest BCUT2D eigenvalue weighted by molar-refractivity contribution is 0.288. The topological polar surface area (TPSA) is 9.23 Å². The number of rotatable bonds is 0. The Hall–Kier alpha value is -1.63. The van der Waals surface area contributed by atoms with Crippen LogP contribution in [0, 0.1) is 0 Å². The Morgan fingerprint density at radius 1 is 1.00 bits per heavy atom. The lowest BCUT2D eigenvalue weighted by Crippen LogP contribution is -2.36. The summed E-state index contributed by atoms with van der Waals surface area (Å²) in [4.78, 5) is 0. The molecule has 1 heterocycles. The van der Waals surface area contributed by atoms with E-state index in [9.17, 15) is 0 Å². The maximum absolute atomic E-state index is 5.75. The van der Waals surface area contributed by atoms with Gasteiger partial charge in [0.1, 0.15) is 21.4 Å². The second-order valence-corrected chi connectivity index (χ2v) is 3.99. The molecule has 0 saturated heterocycles. The second-order valence-electron chi connectivity index (χ2n) is 3.99. The lowest BCUT2D eigenvalue weighted by atomic mass is 9.64. The highest BCUT2D eigenvalue weighted by atomic mass is 16.5. The predicted octanol–water partition coefficient (Wildman–Crippen LogP) is 2.24. The van der Waals surface area contributed by atoms with Crippen molar-refractivity contribution in [3.05, 3.63) is 48.0 Å². The van der Waals surface area contributed by atoms with Crippen LogP contribution in [-0.4, -0.2) is 21.1 Å². The van der Waals surface area contributed by atoms with E-state index in [1.165, 1.54) is 0 Å². The molecule has 0 bridgehead atoms. The summed E-state index contributed by atoms with van der Waals surface area (Å²) >= 11 is 0. The maximum Gasteiger partial charge on any atom is 0.133 e. The molecule has 1 aliphatic rings. The summed E-state index contributed by atoms with van der Waals surface area (Å²) < 4.78 is 5.60. The first-order valence-corrected chi connectivity index (χ1v) is 5.13. The Balaban J connectivity index is 2.31. The van der Waals surface area contributed by atoms with E-state index < -0.39 is 5.40 Å². The van der Waals surface area contributed by atoms with Crippen molar-refractivity contribution < 1.29 is 4.74 Å². The van der Waals surface area contributed by atoms with E-state index in [1.54, 1.807) is 6.08 Å². The van der Waals surface area contributed by atoms with Crippen LogP contribution in [-0.2, 0) is 0 Å². The Labute approximate surface area is 96.9 Å². The first-order chi connectivity index (χ1) is 7.66. The molecule has 2 aromatic carbocycles. The zero-order chi connectivity index (χ0) is 11.2. The van der Waals surface area contributed by atoms with Crippen molar-refractivity contribution in [1.29, 1.82) is 0 Å². The molecule has 0 saturated carbocycles. The molecule has 3 heteroatoms. The van der Waals surface area contributed by atoms with Crippen LogP contribution in [0.25, 0.3) is 16.8 Å². The molecular formula is C13H8B2O. The van der Waals surface area contributed by atoms with E-state index in [1.807, 2.05) is 36.4 Å². The average molecular weight is 202 g/mol. The fourth-order valence-electron chi connectivity index (χ4n) is 1.94. The Morgan fingerprint density at radius 2 is 1.81 bits per heavy atom. The van der Waals surface area contributed by atoms with Gasteiger partial charge in [0.2, 0.25) is 0 Å². The number of hydrogen-bond acceptors (Lipinski definition) is 1. The van der Waals surface area contributed by atoms with Gasteiger partial charge < -0.3 is 4.74 Å². The third kappa shape index (κ3) is 1.44. The van der Waals surface area contributed by atoms with Crippen LogP contribution in [0.5, 0.6) is 5.75 Å². The van der Waals surface area contributed by atoms with Crippen molar-refractivity contribution in [2.45, 2.75) is 5.40 Å². The molecule has 0 aromatic heterocycles. The van der Waals surface area contributed by atoms with Gasteiger partial charge in [0, 0.05) is 16.3 Å². The summed E-state index contributed by atoms with van der Waals surface area (Å²) in [5, 5.41) is 0.939. The quantitative estimate of drug-likeness (QED) is 0.595. The van der Waals surface area contributed by atoms with Crippen molar-refractivity contribution >= 4 is 32.5 Å². The fourth-order valence-corrected chi connectivity index (χ4v) is 1.94. The number of ether oxygens (including phenoxy) is 1. The average Bonchev–Trinajstić information content (AvgIpc) is 2.28. The molecule has 3 rings (SSSR count). The fraction of sp³-hybridized carbons (Fsp3) is 0.0769. The van der Waals surface area contributed by atoms with Gasteiger partial charge >= 0.3 is 0 Å². The minimum atomic E-state index is -1.21. The minimum absolute atomic E-state index is 0.755. The van der Waals surface area contributed by atoms with Gasteiger partial charge in [-0.1, -0.05) is 48.6 Å². The largest absolute Gasteiger partial charge is 0.502 e. The molecule has 0 amide bonds. The molecule has 0 N–H and O–H groups in total. The third-order valence-electron chi connectivity index (χ3n) is 2.71. The molecule has 0 fully saturated rings. The van der Waals surface area contributed by atoms with Crippen LogP contribution in [0.4, 0.5) is 0 Å². The van der Waals surface area contributed by atoms with E-state index >= 15 is 0 Å². The molecule has 0 unspecified atom stereocenters. The SMILES string of the molecule is [B]C1([B])C=Cc2ccc3ccccc3c2O1. The van der Waals surface area contributed by atoms with Crippen molar-refractivity contribution in [3.63, 3.8) is 0 Å². The van der Waals surface area contributed by atoms with Gasteiger partial charge in [0.15, 0.2) is 0 Å². The van der Waals surface area contributed by atoms with Crippen molar-refractivity contribution in [3.8, 4) is 5.75 Å². The van der Waals surface area contributed by atoms with Crippen LogP contribution in [0.2, 0.25) is 0 Å². The van der Waals surface area contributed by atoms with Crippen LogP contribution in [0.15, 0.2) is 42.5 Å². The summed E-state index contributed by atoms with van der Waals surface area (Å²) in [5.41, 5.74) is 1.00. The zero-order valence-electron chi connectivity index (χ0n) is 8.68. The van der Waals surface area contributed by atoms with Gasteiger partial charge in [-0.2, -0.15) is 0 Å². The maximum atomic E-state index is 5.75. The second kappa shape index (κ2) is 3.18. The molecule has 1 aliphatic heterocycles. The lowest BCUT2D eigenvalue weighted by Gasteiger charge is -2.30. The first kappa shape index (κ1) is 9.59. The van der Waals surface area contributed by atoms with Crippen LogP contribution < -0.4 is 4.74 Å². The highest BCUT2D eigenvalue weighted by Crippen LogP contribution is 2.35. The smallest absolute Gasteiger partial charge is 0.133 e. The molecule has 1 nitrogen and oxygen atoms in total. The van der Waals surface area contributed by atoms with Gasteiger partial charge in [-0.25, -0.2) is 0 Å².